The molecule has 16 heavy (non-hydrogen) atoms. The van der Waals surface area contributed by atoms with Gasteiger partial charge in [-0.2, -0.15) is 0 Å². The van der Waals surface area contributed by atoms with E-state index in [-0.39, 0.29) is 11.4 Å². The normalized spacial score (nSPS) is 14.5. The Bertz CT molecular complexity index is 369. The van der Waals surface area contributed by atoms with Gasteiger partial charge in [0.2, 0.25) is 0 Å². The van der Waals surface area contributed by atoms with Crippen LogP contribution in [0.15, 0.2) is 15.2 Å². The average Bonchev–Trinajstić information content (AvgIpc) is 2.65. The summed E-state index contributed by atoms with van der Waals surface area (Å²) in [6.45, 7) is 4.07. The van der Waals surface area contributed by atoms with Gasteiger partial charge >= 0.3 is 0 Å². The lowest BCUT2D eigenvalue weighted by atomic mass is 9.95. The second-order valence-electron chi connectivity index (χ2n) is 3.95. The summed E-state index contributed by atoms with van der Waals surface area (Å²) in [4.78, 5) is 11.9. The predicted molar refractivity (Wildman–Crippen MR) is 73.5 cm³/mol. The van der Waals surface area contributed by atoms with Crippen LogP contribution in [0.4, 0.5) is 0 Å². The number of alkyl halides is 1. The van der Waals surface area contributed by atoms with Crippen LogP contribution in [-0.4, -0.2) is 17.3 Å². The molecular weight excluding hydrogens is 310 g/mol. The van der Waals surface area contributed by atoms with E-state index in [2.05, 4.69) is 28.2 Å². The van der Waals surface area contributed by atoms with Gasteiger partial charge in [-0.3, -0.25) is 4.79 Å². The molecule has 0 radical (unpaired) electrons. The van der Waals surface area contributed by atoms with Crippen LogP contribution in [0, 0.1) is 0 Å². The van der Waals surface area contributed by atoms with Crippen molar-refractivity contribution in [3.05, 3.63) is 20.8 Å². The van der Waals surface area contributed by atoms with E-state index in [1.165, 1.54) is 11.3 Å². The molecule has 1 aromatic heterocycles. The third-order valence-electron chi connectivity index (χ3n) is 2.67. The summed E-state index contributed by atoms with van der Waals surface area (Å²) in [6, 6.07) is 1.83. The Kier molecular flexibility index (Phi) is 5.28. The summed E-state index contributed by atoms with van der Waals surface area (Å²) in [5, 5.41) is 4.88. The smallest absolute Gasteiger partial charge is 0.252 e. The fraction of sp³-hybridized carbons (Fsp3) is 0.545. The Morgan fingerprint density at radius 1 is 1.69 bits per heavy atom. The first-order valence-corrected chi connectivity index (χ1v) is 7.34. The summed E-state index contributed by atoms with van der Waals surface area (Å²) in [6.07, 6.45) is 1.65. The Morgan fingerprint density at radius 2 is 2.38 bits per heavy atom. The van der Waals surface area contributed by atoms with Gasteiger partial charge < -0.3 is 5.32 Å². The van der Waals surface area contributed by atoms with E-state index in [1.807, 2.05) is 18.4 Å². The minimum atomic E-state index is -0.215. The number of hydrogen-bond donors (Lipinski definition) is 1. The van der Waals surface area contributed by atoms with E-state index in [0.717, 1.165) is 16.6 Å². The van der Waals surface area contributed by atoms with Crippen molar-refractivity contribution in [3.8, 4) is 0 Å². The largest absolute Gasteiger partial charge is 0.347 e. The van der Waals surface area contributed by atoms with E-state index in [0.29, 0.717) is 11.4 Å². The number of rotatable bonds is 5. The van der Waals surface area contributed by atoms with Crippen molar-refractivity contribution in [2.45, 2.75) is 32.2 Å². The Balaban J connectivity index is 2.69. The topological polar surface area (TPSA) is 29.1 Å². The number of hydrogen-bond acceptors (Lipinski definition) is 2. The highest BCUT2D eigenvalue weighted by molar-refractivity contribution is 9.11. The predicted octanol–water partition coefficient (Wildman–Crippen LogP) is 4.04. The van der Waals surface area contributed by atoms with Gasteiger partial charge in [0.15, 0.2) is 0 Å². The molecule has 0 aliphatic heterocycles. The van der Waals surface area contributed by atoms with E-state index in [4.69, 9.17) is 11.6 Å². The highest BCUT2D eigenvalue weighted by Crippen LogP contribution is 2.22. The van der Waals surface area contributed by atoms with Crippen LogP contribution >= 0.6 is 38.9 Å². The zero-order valence-corrected chi connectivity index (χ0v) is 12.5. The molecule has 0 aromatic carbocycles. The average molecular weight is 325 g/mol. The quantitative estimate of drug-likeness (QED) is 0.814. The van der Waals surface area contributed by atoms with Crippen molar-refractivity contribution in [1.82, 2.24) is 5.32 Å². The molecule has 0 fully saturated rings. The molecule has 1 heterocycles. The van der Waals surface area contributed by atoms with Crippen molar-refractivity contribution in [2.24, 2.45) is 0 Å². The standard InChI is InChI=1S/C11H15BrClNOS/c1-3-11(2,4-5-13)14-10(15)8-6-9(12)16-7-8/h6-7H,3-5H2,1-2H3,(H,14,15). The molecular formula is C11H15BrClNOS. The number of carbonyl (C=O) groups excluding carboxylic acids is 1. The maximum Gasteiger partial charge on any atom is 0.252 e. The lowest BCUT2D eigenvalue weighted by Crippen LogP contribution is -2.45. The minimum Gasteiger partial charge on any atom is -0.347 e. The molecule has 0 saturated heterocycles. The first kappa shape index (κ1) is 14.0. The number of nitrogens with one attached hydrogen (secondary N) is 1. The van der Waals surface area contributed by atoms with Crippen LogP contribution in [0.1, 0.15) is 37.0 Å². The van der Waals surface area contributed by atoms with E-state index in [9.17, 15) is 4.79 Å². The SMILES string of the molecule is CCC(C)(CCCl)NC(=O)c1csc(Br)c1. The molecule has 0 bridgehead atoms. The highest BCUT2D eigenvalue weighted by Gasteiger charge is 2.24. The van der Waals surface area contributed by atoms with Gasteiger partial charge in [0, 0.05) is 16.8 Å². The van der Waals surface area contributed by atoms with Crippen molar-refractivity contribution in [1.29, 1.82) is 0 Å². The van der Waals surface area contributed by atoms with Crippen LogP contribution in [0.3, 0.4) is 0 Å². The molecule has 1 aromatic rings. The molecule has 1 rings (SSSR count). The fourth-order valence-electron chi connectivity index (χ4n) is 1.31. The van der Waals surface area contributed by atoms with Crippen molar-refractivity contribution in [2.75, 3.05) is 5.88 Å². The summed E-state index contributed by atoms with van der Waals surface area (Å²) >= 11 is 10.6. The number of amides is 1. The molecule has 0 aliphatic rings. The highest BCUT2D eigenvalue weighted by atomic mass is 79.9. The van der Waals surface area contributed by atoms with Gasteiger partial charge in [-0.05, 0) is 41.8 Å². The summed E-state index contributed by atoms with van der Waals surface area (Å²) in [5.41, 5.74) is 0.485. The summed E-state index contributed by atoms with van der Waals surface area (Å²) in [5.74, 6) is 0.522. The summed E-state index contributed by atoms with van der Waals surface area (Å²) in [7, 11) is 0. The van der Waals surface area contributed by atoms with Gasteiger partial charge in [0.05, 0.1) is 9.35 Å². The van der Waals surface area contributed by atoms with Gasteiger partial charge in [0.25, 0.3) is 5.91 Å². The number of halogens is 2. The van der Waals surface area contributed by atoms with Gasteiger partial charge in [-0.15, -0.1) is 22.9 Å². The second kappa shape index (κ2) is 6.03. The van der Waals surface area contributed by atoms with Gasteiger partial charge in [0.1, 0.15) is 0 Å². The van der Waals surface area contributed by atoms with Crippen LogP contribution < -0.4 is 5.32 Å². The fourth-order valence-corrected chi connectivity index (χ4v) is 2.87. The molecule has 90 valence electrons. The van der Waals surface area contributed by atoms with E-state index in [1.54, 1.807) is 0 Å². The lowest BCUT2D eigenvalue weighted by Gasteiger charge is -2.28. The molecule has 0 aliphatic carbocycles. The summed E-state index contributed by atoms with van der Waals surface area (Å²) < 4.78 is 0.966. The van der Waals surface area contributed by atoms with Gasteiger partial charge in [-0.1, -0.05) is 6.92 Å². The minimum absolute atomic E-state index is 0.0311. The maximum absolute atomic E-state index is 11.9. The first-order valence-electron chi connectivity index (χ1n) is 5.13. The monoisotopic (exact) mass is 323 g/mol. The van der Waals surface area contributed by atoms with E-state index >= 15 is 0 Å². The third-order valence-corrected chi connectivity index (χ3v) is 4.36. The molecule has 1 unspecified atom stereocenters. The first-order chi connectivity index (χ1) is 7.50. The third kappa shape index (κ3) is 3.75. The van der Waals surface area contributed by atoms with Crippen LogP contribution in [-0.2, 0) is 0 Å². The number of carbonyl (C=O) groups is 1. The van der Waals surface area contributed by atoms with Crippen LogP contribution in [0.25, 0.3) is 0 Å². The Morgan fingerprint density at radius 3 is 2.81 bits per heavy atom. The van der Waals surface area contributed by atoms with Crippen LogP contribution in [0.2, 0.25) is 0 Å². The molecule has 1 N–H and O–H groups in total. The van der Waals surface area contributed by atoms with E-state index < -0.39 is 0 Å². The molecule has 1 amide bonds. The van der Waals surface area contributed by atoms with Crippen molar-refractivity contribution >= 4 is 44.8 Å². The lowest BCUT2D eigenvalue weighted by molar-refractivity contribution is 0.0902. The zero-order chi connectivity index (χ0) is 12.2. The maximum atomic E-state index is 11.9. The van der Waals surface area contributed by atoms with Crippen molar-refractivity contribution < 1.29 is 4.79 Å². The molecule has 5 heteroatoms. The number of thiophene rings is 1. The molecule has 0 spiro atoms. The molecule has 2 nitrogen and oxygen atoms in total. The van der Waals surface area contributed by atoms with Gasteiger partial charge in [-0.25, -0.2) is 0 Å². The Labute approximate surface area is 114 Å². The molecule has 0 saturated carbocycles. The zero-order valence-electron chi connectivity index (χ0n) is 9.35. The Hall–Kier alpha value is -0.0600. The van der Waals surface area contributed by atoms with Crippen LogP contribution in [0.5, 0.6) is 0 Å². The van der Waals surface area contributed by atoms with Crippen molar-refractivity contribution in [3.63, 3.8) is 0 Å². The second-order valence-corrected chi connectivity index (χ2v) is 6.62. The molecule has 1 atom stereocenters.